The third-order valence-electron chi connectivity index (χ3n) is 4.46. The number of aryl methyl sites for hydroxylation is 2. The van der Waals surface area contributed by atoms with Crippen LogP contribution in [-0.2, 0) is 12.8 Å². The molecule has 0 bridgehead atoms. The molecule has 0 amide bonds. The van der Waals surface area contributed by atoms with Crippen molar-refractivity contribution >= 4 is 43.7 Å². The van der Waals surface area contributed by atoms with E-state index in [1.54, 1.807) is 29.7 Å². The lowest BCUT2D eigenvalue weighted by molar-refractivity contribution is 0.372. The molecule has 2 aromatic heterocycles. The molecule has 0 unspecified atom stereocenters. The van der Waals surface area contributed by atoms with Crippen molar-refractivity contribution in [3.05, 3.63) is 49.3 Å². The van der Waals surface area contributed by atoms with E-state index in [1.165, 1.54) is 29.4 Å². The zero-order chi connectivity index (χ0) is 18.3. The van der Waals surface area contributed by atoms with Crippen LogP contribution in [0.4, 0.5) is 0 Å². The van der Waals surface area contributed by atoms with Crippen molar-refractivity contribution in [2.24, 2.45) is 5.10 Å². The molecule has 1 aliphatic rings. The predicted molar refractivity (Wildman–Crippen MR) is 106 cm³/mol. The number of halogens is 1. The third-order valence-corrected chi connectivity index (χ3v) is 6.27. The first-order valence-corrected chi connectivity index (χ1v) is 9.82. The number of hydrogen-bond donors (Lipinski definition) is 1. The van der Waals surface area contributed by atoms with Crippen LogP contribution in [0, 0.1) is 0 Å². The summed E-state index contributed by atoms with van der Waals surface area (Å²) in [5.74, 6) is 0.350. The highest BCUT2D eigenvalue weighted by molar-refractivity contribution is 9.10. The maximum Gasteiger partial charge on any atom is 0.282 e. The van der Waals surface area contributed by atoms with Crippen LogP contribution in [0.2, 0.25) is 0 Å². The van der Waals surface area contributed by atoms with E-state index in [1.807, 2.05) is 0 Å². The highest BCUT2D eigenvalue weighted by Crippen LogP contribution is 2.35. The fourth-order valence-electron chi connectivity index (χ4n) is 3.17. The molecule has 134 valence electrons. The second-order valence-electron chi connectivity index (χ2n) is 6.08. The Kier molecular flexibility index (Phi) is 4.54. The molecule has 26 heavy (non-hydrogen) atoms. The van der Waals surface area contributed by atoms with Crippen LogP contribution < -0.4 is 10.3 Å². The Morgan fingerprint density at radius 3 is 3.00 bits per heavy atom. The fourth-order valence-corrected chi connectivity index (χ4v) is 4.85. The quantitative estimate of drug-likeness (QED) is 0.638. The number of methoxy groups -OCH3 is 1. The topological polar surface area (TPSA) is 76.7 Å². The maximum absolute atomic E-state index is 12.9. The van der Waals surface area contributed by atoms with E-state index in [4.69, 9.17) is 4.74 Å². The first-order chi connectivity index (χ1) is 12.6. The van der Waals surface area contributed by atoms with Gasteiger partial charge in [0, 0.05) is 4.88 Å². The lowest BCUT2D eigenvalue weighted by Crippen LogP contribution is -2.18. The Balaban J connectivity index is 1.76. The number of benzene rings is 1. The van der Waals surface area contributed by atoms with Crippen molar-refractivity contribution in [3.8, 4) is 11.5 Å². The molecule has 0 aliphatic heterocycles. The minimum Gasteiger partial charge on any atom is -0.503 e. The summed E-state index contributed by atoms with van der Waals surface area (Å²) >= 11 is 4.89. The van der Waals surface area contributed by atoms with Crippen LogP contribution in [0.25, 0.3) is 10.2 Å². The number of hydrogen-bond acceptors (Lipinski definition) is 6. The minimum absolute atomic E-state index is 0.0230. The number of phenolic OH excluding ortho intramolecular Hbond substituents is 1. The lowest BCUT2D eigenvalue weighted by atomic mass is 9.97. The summed E-state index contributed by atoms with van der Waals surface area (Å²) < 4.78 is 6.88. The highest BCUT2D eigenvalue weighted by Gasteiger charge is 2.19. The van der Waals surface area contributed by atoms with Crippen LogP contribution >= 0.6 is 27.3 Å². The summed E-state index contributed by atoms with van der Waals surface area (Å²) in [7, 11) is 1.48. The van der Waals surface area contributed by atoms with Gasteiger partial charge in [-0.1, -0.05) is 0 Å². The monoisotopic (exact) mass is 433 g/mol. The average Bonchev–Trinajstić information content (AvgIpc) is 3.03. The van der Waals surface area contributed by atoms with E-state index in [2.05, 4.69) is 26.0 Å². The normalized spacial score (nSPS) is 14.1. The molecular weight excluding hydrogens is 418 g/mol. The number of fused-ring (bicyclic) bond motifs is 3. The van der Waals surface area contributed by atoms with E-state index >= 15 is 0 Å². The van der Waals surface area contributed by atoms with Gasteiger partial charge in [0.15, 0.2) is 11.5 Å². The standard InChI is InChI=1S/C18H16BrN3O3S/c1-25-13-7-10(6-12(19)16(13)23)8-21-22-9-20-17-15(18(22)24)11-4-2-3-5-14(11)26-17/h6-9,23H,2-5H2,1H3. The first-order valence-electron chi connectivity index (χ1n) is 8.21. The van der Waals surface area contributed by atoms with E-state index in [0.29, 0.717) is 21.2 Å². The molecule has 3 aromatic rings. The van der Waals surface area contributed by atoms with Crippen molar-refractivity contribution in [2.45, 2.75) is 25.7 Å². The minimum atomic E-state index is -0.143. The number of aromatic nitrogens is 2. The molecule has 8 heteroatoms. The number of ether oxygens (including phenoxy) is 1. The predicted octanol–water partition coefficient (Wildman–Crippen LogP) is 3.70. The van der Waals surface area contributed by atoms with E-state index in [0.717, 1.165) is 29.7 Å². The average molecular weight is 434 g/mol. The smallest absolute Gasteiger partial charge is 0.282 e. The van der Waals surface area contributed by atoms with Gasteiger partial charge in [0.05, 0.1) is 23.2 Å². The number of thiophene rings is 1. The summed E-state index contributed by atoms with van der Waals surface area (Å²) in [4.78, 5) is 19.4. The number of nitrogens with zero attached hydrogens (tertiary/aromatic N) is 3. The molecule has 1 N–H and O–H groups in total. The van der Waals surface area contributed by atoms with Gasteiger partial charge in [-0.3, -0.25) is 4.79 Å². The van der Waals surface area contributed by atoms with Gasteiger partial charge in [0.25, 0.3) is 5.56 Å². The van der Waals surface area contributed by atoms with Crippen LogP contribution in [0.3, 0.4) is 0 Å². The molecular formula is C18H16BrN3O3S. The first kappa shape index (κ1) is 17.2. The number of aromatic hydroxyl groups is 1. The highest BCUT2D eigenvalue weighted by atomic mass is 79.9. The molecule has 6 nitrogen and oxygen atoms in total. The lowest BCUT2D eigenvalue weighted by Gasteiger charge is -2.09. The van der Waals surface area contributed by atoms with Gasteiger partial charge in [-0.05, 0) is 64.9 Å². The molecule has 0 atom stereocenters. The van der Waals surface area contributed by atoms with Gasteiger partial charge in [-0.2, -0.15) is 9.78 Å². The van der Waals surface area contributed by atoms with Crippen molar-refractivity contribution < 1.29 is 9.84 Å². The Labute approximate surface area is 161 Å². The van der Waals surface area contributed by atoms with Crippen molar-refractivity contribution in [2.75, 3.05) is 7.11 Å². The molecule has 0 saturated carbocycles. The van der Waals surface area contributed by atoms with Gasteiger partial charge < -0.3 is 9.84 Å². The zero-order valence-corrected chi connectivity index (χ0v) is 16.4. The van der Waals surface area contributed by atoms with Crippen molar-refractivity contribution in [1.29, 1.82) is 0 Å². The molecule has 4 rings (SSSR count). The maximum atomic E-state index is 12.9. The van der Waals surface area contributed by atoms with Gasteiger partial charge in [0.2, 0.25) is 0 Å². The molecule has 1 aromatic carbocycles. The largest absolute Gasteiger partial charge is 0.503 e. The molecule has 0 fully saturated rings. The second-order valence-corrected chi connectivity index (χ2v) is 8.02. The Morgan fingerprint density at radius 2 is 2.19 bits per heavy atom. The summed E-state index contributed by atoms with van der Waals surface area (Å²) in [6, 6.07) is 3.35. The number of rotatable bonds is 3. The summed E-state index contributed by atoms with van der Waals surface area (Å²) in [6.07, 6.45) is 7.24. The summed E-state index contributed by atoms with van der Waals surface area (Å²) in [6.45, 7) is 0. The van der Waals surface area contributed by atoms with Crippen molar-refractivity contribution in [3.63, 3.8) is 0 Å². The van der Waals surface area contributed by atoms with E-state index in [-0.39, 0.29) is 11.3 Å². The molecule has 0 radical (unpaired) electrons. The third kappa shape index (κ3) is 2.93. The number of phenols is 1. The Bertz CT molecular complexity index is 1090. The molecule has 0 saturated heterocycles. The SMILES string of the molecule is COc1cc(C=Nn2cnc3sc4c(c3c2=O)CCCC4)cc(Br)c1O. The van der Waals surface area contributed by atoms with E-state index < -0.39 is 0 Å². The van der Waals surface area contributed by atoms with Crippen LogP contribution in [0.1, 0.15) is 28.8 Å². The van der Waals surface area contributed by atoms with Gasteiger partial charge in [-0.15, -0.1) is 11.3 Å². The Hall–Kier alpha value is -2.19. The van der Waals surface area contributed by atoms with Crippen molar-refractivity contribution in [1.82, 2.24) is 9.66 Å². The van der Waals surface area contributed by atoms with Gasteiger partial charge in [-0.25, -0.2) is 4.98 Å². The van der Waals surface area contributed by atoms with Gasteiger partial charge >= 0.3 is 0 Å². The van der Waals surface area contributed by atoms with E-state index in [9.17, 15) is 9.90 Å². The van der Waals surface area contributed by atoms with Crippen LogP contribution in [0.15, 0.2) is 32.8 Å². The zero-order valence-electron chi connectivity index (χ0n) is 14.0. The Morgan fingerprint density at radius 1 is 1.38 bits per heavy atom. The van der Waals surface area contributed by atoms with Gasteiger partial charge in [0.1, 0.15) is 11.2 Å². The molecule has 1 aliphatic carbocycles. The fraction of sp³-hybridized carbons (Fsp3) is 0.278. The van der Waals surface area contributed by atoms with Crippen LogP contribution in [0.5, 0.6) is 11.5 Å². The molecule has 2 heterocycles. The van der Waals surface area contributed by atoms with Crippen LogP contribution in [-0.4, -0.2) is 28.1 Å². The summed E-state index contributed by atoms with van der Waals surface area (Å²) in [5.41, 5.74) is 1.69. The second kappa shape index (κ2) is 6.85. The summed E-state index contributed by atoms with van der Waals surface area (Å²) in [5, 5.41) is 14.8. The molecule has 0 spiro atoms.